The van der Waals surface area contributed by atoms with E-state index in [1.165, 1.54) is 18.4 Å². The topological polar surface area (TPSA) is 30.5 Å². The third-order valence-electron chi connectivity index (χ3n) is 4.24. The molecule has 0 spiro atoms. The minimum atomic E-state index is 0.344. The Kier molecular flexibility index (Phi) is 4.13. The van der Waals surface area contributed by atoms with E-state index >= 15 is 0 Å². The van der Waals surface area contributed by atoms with Crippen LogP contribution < -0.4 is 14.8 Å². The second-order valence-corrected chi connectivity index (χ2v) is 7.02. The Hall–Kier alpha value is -0.870. The molecular formula is C16H23NO2S. The number of ether oxygens (including phenoxy) is 2. The maximum Gasteiger partial charge on any atom is 0.161 e. The zero-order valence-electron chi connectivity index (χ0n) is 12.3. The van der Waals surface area contributed by atoms with Gasteiger partial charge in [0.15, 0.2) is 11.5 Å². The van der Waals surface area contributed by atoms with Gasteiger partial charge in [-0.2, -0.15) is 11.8 Å². The van der Waals surface area contributed by atoms with Gasteiger partial charge < -0.3 is 14.8 Å². The Balaban J connectivity index is 1.65. The zero-order valence-corrected chi connectivity index (χ0v) is 13.1. The Morgan fingerprint density at radius 3 is 2.70 bits per heavy atom. The molecule has 1 aromatic rings. The summed E-state index contributed by atoms with van der Waals surface area (Å²) >= 11 is 1.99. The Morgan fingerprint density at radius 1 is 1.25 bits per heavy atom. The van der Waals surface area contributed by atoms with Gasteiger partial charge in [0.1, 0.15) is 0 Å². The molecular weight excluding hydrogens is 270 g/mol. The Labute approximate surface area is 125 Å². The van der Waals surface area contributed by atoms with Crippen molar-refractivity contribution in [2.75, 3.05) is 26.0 Å². The highest BCUT2D eigenvalue weighted by Crippen LogP contribution is 2.46. The van der Waals surface area contributed by atoms with E-state index in [1.54, 1.807) is 0 Å². The van der Waals surface area contributed by atoms with E-state index in [9.17, 15) is 0 Å². The number of fused-ring (bicyclic) bond motifs is 1. The lowest BCUT2D eigenvalue weighted by molar-refractivity contribution is 0.297. The fourth-order valence-corrected chi connectivity index (χ4v) is 3.24. The average molecular weight is 293 g/mol. The first kappa shape index (κ1) is 14.1. The number of thioether (sulfide) groups is 1. The maximum absolute atomic E-state index is 5.76. The van der Waals surface area contributed by atoms with Crippen molar-refractivity contribution in [1.29, 1.82) is 0 Å². The zero-order chi connectivity index (χ0) is 14.0. The van der Waals surface area contributed by atoms with Crippen molar-refractivity contribution < 1.29 is 9.47 Å². The second kappa shape index (κ2) is 5.86. The summed E-state index contributed by atoms with van der Waals surface area (Å²) < 4.78 is 11.9. The van der Waals surface area contributed by atoms with Crippen molar-refractivity contribution in [3.63, 3.8) is 0 Å². The molecule has 1 aromatic carbocycles. The summed E-state index contributed by atoms with van der Waals surface area (Å²) in [4.78, 5) is 0. The molecule has 0 saturated heterocycles. The first-order valence-electron chi connectivity index (χ1n) is 7.40. The number of nitrogens with one attached hydrogen (secondary N) is 1. The van der Waals surface area contributed by atoms with E-state index in [0.29, 0.717) is 10.8 Å². The van der Waals surface area contributed by atoms with Crippen molar-refractivity contribution in [3.05, 3.63) is 23.8 Å². The molecule has 1 atom stereocenters. The highest BCUT2D eigenvalue weighted by molar-refractivity contribution is 8.00. The largest absolute Gasteiger partial charge is 0.490 e. The third kappa shape index (κ3) is 3.07. The smallest absolute Gasteiger partial charge is 0.161 e. The van der Waals surface area contributed by atoms with Crippen molar-refractivity contribution in [3.8, 4) is 11.5 Å². The van der Waals surface area contributed by atoms with E-state index in [4.69, 9.17) is 9.47 Å². The van der Waals surface area contributed by atoms with E-state index in [2.05, 4.69) is 30.6 Å². The monoisotopic (exact) mass is 293 g/mol. The van der Waals surface area contributed by atoms with Gasteiger partial charge in [0.2, 0.25) is 0 Å². The van der Waals surface area contributed by atoms with Crippen LogP contribution in [0.25, 0.3) is 0 Å². The molecule has 20 heavy (non-hydrogen) atoms. The lowest BCUT2D eigenvalue weighted by Crippen LogP contribution is -2.28. The molecule has 0 radical (unpaired) electrons. The van der Waals surface area contributed by atoms with E-state index in [0.717, 1.165) is 37.7 Å². The second-order valence-electron chi connectivity index (χ2n) is 5.75. The number of hydrogen-bond donors (Lipinski definition) is 1. The first-order valence-corrected chi connectivity index (χ1v) is 8.63. The summed E-state index contributed by atoms with van der Waals surface area (Å²) in [7, 11) is 0. The minimum Gasteiger partial charge on any atom is -0.490 e. The Bertz CT molecular complexity index is 474. The lowest BCUT2D eigenvalue weighted by Gasteiger charge is -2.20. The van der Waals surface area contributed by atoms with Crippen LogP contribution in [0, 0.1) is 0 Å². The fraction of sp³-hybridized carbons (Fsp3) is 0.625. The number of benzene rings is 1. The van der Waals surface area contributed by atoms with Gasteiger partial charge in [0, 0.05) is 23.8 Å². The lowest BCUT2D eigenvalue weighted by atomic mass is 10.1. The van der Waals surface area contributed by atoms with E-state index in [1.807, 2.05) is 17.8 Å². The van der Waals surface area contributed by atoms with Crippen LogP contribution in [-0.4, -0.2) is 30.8 Å². The summed E-state index contributed by atoms with van der Waals surface area (Å²) in [6.45, 7) is 4.80. The van der Waals surface area contributed by atoms with Crippen LogP contribution in [0.1, 0.15) is 37.8 Å². The van der Waals surface area contributed by atoms with Crippen molar-refractivity contribution in [2.24, 2.45) is 0 Å². The molecule has 3 nitrogen and oxygen atoms in total. The van der Waals surface area contributed by atoms with Gasteiger partial charge in [-0.15, -0.1) is 0 Å². The minimum absolute atomic E-state index is 0.344. The van der Waals surface area contributed by atoms with Crippen LogP contribution in [0.3, 0.4) is 0 Å². The third-order valence-corrected chi connectivity index (χ3v) is 5.66. The Morgan fingerprint density at radius 2 is 2.00 bits per heavy atom. The summed E-state index contributed by atoms with van der Waals surface area (Å²) in [5.41, 5.74) is 1.27. The quantitative estimate of drug-likeness (QED) is 0.901. The molecule has 1 unspecified atom stereocenters. The normalized spacial score (nSPS) is 21.1. The van der Waals surface area contributed by atoms with Crippen molar-refractivity contribution in [2.45, 2.75) is 37.0 Å². The van der Waals surface area contributed by atoms with Crippen LogP contribution in [0.4, 0.5) is 0 Å². The predicted octanol–water partition coefficient (Wildman–Crippen LogP) is 3.39. The van der Waals surface area contributed by atoms with Crippen LogP contribution in [0.15, 0.2) is 18.2 Å². The summed E-state index contributed by atoms with van der Waals surface area (Å²) in [5.74, 6) is 1.76. The number of hydrogen-bond acceptors (Lipinski definition) is 4. The highest BCUT2D eigenvalue weighted by atomic mass is 32.2. The number of rotatable bonds is 5. The molecule has 1 heterocycles. The molecule has 1 fully saturated rings. The SMILES string of the molecule is CSC1(CNC(C)c2ccc3c(c2)OCCCO3)CC1. The van der Waals surface area contributed by atoms with Crippen molar-refractivity contribution >= 4 is 11.8 Å². The van der Waals surface area contributed by atoms with Gasteiger partial charge in [0.05, 0.1) is 13.2 Å². The molecule has 1 N–H and O–H groups in total. The maximum atomic E-state index is 5.76. The molecule has 2 aliphatic rings. The van der Waals surface area contributed by atoms with Crippen LogP contribution in [0.2, 0.25) is 0 Å². The van der Waals surface area contributed by atoms with Crippen LogP contribution in [-0.2, 0) is 0 Å². The van der Waals surface area contributed by atoms with Crippen molar-refractivity contribution in [1.82, 2.24) is 5.32 Å². The molecule has 0 bridgehead atoms. The van der Waals surface area contributed by atoms with Gasteiger partial charge in [-0.1, -0.05) is 6.07 Å². The molecule has 1 aliphatic carbocycles. The van der Waals surface area contributed by atoms with Gasteiger partial charge in [0.25, 0.3) is 0 Å². The average Bonchev–Trinajstić information content (AvgIpc) is 3.28. The van der Waals surface area contributed by atoms with Gasteiger partial charge in [-0.25, -0.2) is 0 Å². The molecule has 0 amide bonds. The summed E-state index contributed by atoms with van der Waals surface area (Å²) in [5, 5.41) is 3.66. The molecule has 1 saturated carbocycles. The van der Waals surface area contributed by atoms with Gasteiger partial charge >= 0.3 is 0 Å². The van der Waals surface area contributed by atoms with E-state index < -0.39 is 0 Å². The molecule has 4 heteroatoms. The standard InChI is InChI=1S/C16H23NO2S/c1-12(17-11-16(20-2)6-7-16)13-4-5-14-15(10-13)19-9-3-8-18-14/h4-5,10,12,17H,3,6-9,11H2,1-2H3. The molecule has 0 aromatic heterocycles. The highest BCUT2D eigenvalue weighted by Gasteiger charge is 2.41. The predicted molar refractivity (Wildman–Crippen MR) is 83.9 cm³/mol. The molecule has 110 valence electrons. The van der Waals surface area contributed by atoms with Gasteiger partial charge in [-0.05, 0) is 43.7 Å². The molecule has 1 aliphatic heterocycles. The molecule has 3 rings (SSSR count). The summed E-state index contributed by atoms with van der Waals surface area (Å²) in [6.07, 6.45) is 5.85. The van der Waals surface area contributed by atoms with Crippen LogP contribution >= 0.6 is 11.8 Å². The fourth-order valence-electron chi connectivity index (χ4n) is 2.50. The van der Waals surface area contributed by atoms with Gasteiger partial charge in [-0.3, -0.25) is 0 Å². The first-order chi connectivity index (χ1) is 9.72. The summed E-state index contributed by atoms with van der Waals surface area (Å²) in [6, 6.07) is 6.65. The van der Waals surface area contributed by atoms with E-state index in [-0.39, 0.29) is 0 Å². The van der Waals surface area contributed by atoms with Crippen LogP contribution in [0.5, 0.6) is 11.5 Å².